The fourth-order valence-corrected chi connectivity index (χ4v) is 1.95. The van der Waals surface area contributed by atoms with Crippen LogP contribution in [0.3, 0.4) is 0 Å². The average Bonchev–Trinajstić information content (AvgIpc) is 2.37. The number of sulfonamides is 1. The first-order valence-electron chi connectivity index (χ1n) is 6.09. The smallest absolute Gasteiger partial charge is 0.326 e. The van der Waals surface area contributed by atoms with Crippen molar-refractivity contribution in [3.63, 3.8) is 0 Å². The second-order valence-corrected chi connectivity index (χ2v) is 6.08. The Labute approximate surface area is 122 Å². The third-order valence-electron chi connectivity index (χ3n) is 2.56. The molecule has 8 nitrogen and oxygen atoms in total. The van der Waals surface area contributed by atoms with Gasteiger partial charge in [-0.3, -0.25) is 0 Å². The van der Waals surface area contributed by atoms with Crippen molar-refractivity contribution in [1.29, 1.82) is 0 Å². The zero-order valence-electron chi connectivity index (χ0n) is 11.2. The Kier molecular flexibility index (Phi) is 6.12. The maximum Gasteiger partial charge on any atom is 0.326 e. The van der Waals surface area contributed by atoms with E-state index in [0.717, 1.165) is 5.56 Å². The summed E-state index contributed by atoms with van der Waals surface area (Å²) in [6, 6.07) is 6.95. The number of nitrogens with one attached hydrogen (secondary N) is 2. The molecule has 0 radical (unpaired) electrons. The Morgan fingerprint density at radius 2 is 1.86 bits per heavy atom. The molecule has 0 heterocycles. The predicted octanol–water partition coefficient (Wildman–Crippen LogP) is -0.730. The number of urea groups is 1. The summed E-state index contributed by atoms with van der Waals surface area (Å²) < 4.78 is 21.4. The number of hydrogen-bond donors (Lipinski definition) is 4. The molecule has 0 aliphatic heterocycles. The van der Waals surface area contributed by atoms with Gasteiger partial charge in [-0.05, 0) is 5.56 Å². The van der Waals surface area contributed by atoms with E-state index in [9.17, 15) is 18.0 Å². The highest BCUT2D eigenvalue weighted by atomic mass is 32.2. The first-order chi connectivity index (χ1) is 9.78. The van der Waals surface area contributed by atoms with E-state index < -0.39 is 33.8 Å². The van der Waals surface area contributed by atoms with E-state index >= 15 is 0 Å². The van der Waals surface area contributed by atoms with Gasteiger partial charge in [-0.15, -0.1) is 0 Å². The normalized spacial score (nSPS) is 12.4. The predicted molar refractivity (Wildman–Crippen MR) is 76.1 cm³/mol. The van der Waals surface area contributed by atoms with Crippen molar-refractivity contribution in [3.05, 3.63) is 35.9 Å². The Morgan fingerprint density at radius 3 is 2.38 bits per heavy atom. The van der Waals surface area contributed by atoms with E-state index in [1.165, 1.54) is 0 Å². The van der Waals surface area contributed by atoms with Crippen LogP contribution in [-0.2, 0) is 21.2 Å². The SMILES string of the molecule is NS(=O)(=O)CCNC(=O)N[C@@H](Cc1ccccc1)C(=O)O. The minimum atomic E-state index is -3.67. The summed E-state index contributed by atoms with van der Waals surface area (Å²) in [7, 11) is -3.67. The maximum absolute atomic E-state index is 11.5. The summed E-state index contributed by atoms with van der Waals surface area (Å²) in [5.41, 5.74) is 0.759. The third kappa shape index (κ3) is 7.28. The Balaban J connectivity index is 2.51. The fourth-order valence-electron chi connectivity index (χ4n) is 1.57. The molecule has 0 aromatic heterocycles. The topological polar surface area (TPSA) is 139 Å². The van der Waals surface area contributed by atoms with Crippen LogP contribution in [0.25, 0.3) is 0 Å². The average molecular weight is 315 g/mol. The van der Waals surface area contributed by atoms with Gasteiger partial charge in [0.25, 0.3) is 0 Å². The molecule has 0 saturated heterocycles. The van der Waals surface area contributed by atoms with Crippen LogP contribution < -0.4 is 15.8 Å². The maximum atomic E-state index is 11.5. The highest BCUT2D eigenvalue weighted by Gasteiger charge is 2.20. The zero-order valence-corrected chi connectivity index (χ0v) is 12.0. The van der Waals surface area contributed by atoms with E-state index in [-0.39, 0.29) is 13.0 Å². The second-order valence-electron chi connectivity index (χ2n) is 4.35. The van der Waals surface area contributed by atoms with Gasteiger partial charge in [0.2, 0.25) is 10.0 Å². The molecule has 21 heavy (non-hydrogen) atoms. The van der Waals surface area contributed by atoms with E-state index in [1.807, 2.05) is 0 Å². The van der Waals surface area contributed by atoms with Gasteiger partial charge in [0.1, 0.15) is 6.04 Å². The molecule has 1 rings (SSSR count). The van der Waals surface area contributed by atoms with E-state index in [0.29, 0.717) is 0 Å². The fraction of sp³-hybridized carbons (Fsp3) is 0.333. The number of carboxylic acids is 1. The molecule has 9 heteroatoms. The highest BCUT2D eigenvalue weighted by Crippen LogP contribution is 2.03. The van der Waals surface area contributed by atoms with Gasteiger partial charge in [-0.2, -0.15) is 0 Å². The molecule has 1 atom stereocenters. The van der Waals surface area contributed by atoms with E-state index in [1.54, 1.807) is 30.3 Å². The summed E-state index contributed by atoms with van der Waals surface area (Å²) in [6.07, 6.45) is 0.124. The number of benzene rings is 1. The van der Waals surface area contributed by atoms with Gasteiger partial charge in [-0.25, -0.2) is 23.1 Å². The largest absolute Gasteiger partial charge is 0.480 e. The van der Waals surface area contributed by atoms with Crippen LogP contribution in [0.5, 0.6) is 0 Å². The van der Waals surface area contributed by atoms with Gasteiger partial charge in [-0.1, -0.05) is 30.3 Å². The number of rotatable bonds is 7. The van der Waals surface area contributed by atoms with E-state index in [2.05, 4.69) is 10.6 Å². The molecule has 1 aromatic rings. The number of carboxylic acid groups (broad SMARTS) is 1. The lowest BCUT2D eigenvalue weighted by Crippen LogP contribution is -2.48. The van der Waals surface area contributed by atoms with Gasteiger partial charge in [0.05, 0.1) is 5.75 Å². The van der Waals surface area contributed by atoms with Crippen molar-refractivity contribution in [1.82, 2.24) is 10.6 Å². The molecule has 116 valence electrons. The van der Waals surface area contributed by atoms with Crippen LogP contribution in [0.15, 0.2) is 30.3 Å². The van der Waals surface area contributed by atoms with Crippen molar-refractivity contribution in [3.8, 4) is 0 Å². The zero-order chi connectivity index (χ0) is 15.9. The van der Waals surface area contributed by atoms with Gasteiger partial charge in [0, 0.05) is 13.0 Å². The lowest BCUT2D eigenvalue weighted by molar-refractivity contribution is -0.139. The number of carbonyl (C=O) groups excluding carboxylic acids is 1. The molecule has 0 aliphatic rings. The van der Waals surface area contributed by atoms with Gasteiger partial charge in [0.15, 0.2) is 0 Å². The lowest BCUT2D eigenvalue weighted by Gasteiger charge is -2.15. The van der Waals surface area contributed by atoms with Crippen LogP contribution in [0.2, 0.25) is 0 Å². The van der Waals surface area contributed by atoms with Gasteiger partial charge >= 0.3 is 12.0 Å². The molecule has 2 amide bonds. The molecular formula is C12H17N3O5S. The number of amides is 2. The monoisotopic (exact) mass is 315 g/mol. The van der Waals surface area contributed by atoms with Crippen molar-refractivity contribution >= 4 is 22.0 Å². The highest BCUT2D eigenvalue weighted by molar-refractivity contribution is 7.89. The first kappa shape index (κ1) is 16.9. The first-order valence-corrected chi connectivity index (χ1v) is 7.81. The molecule has 0 bridgehead atoms. The molecular weight excluding hydrogens is 298 g/mol. The van der Waals surface area contributed by atoms with Crippen molar-refractivity contribution < 1.29 is 23.1 Å². The number of hydrogen-bond acceptors (Lipinski definition) is 4. The van der Waals surface area contributed by atoms with Crippen LogP contribution in [-0.4, -0.2) is 43.9 Å². The Hall–Kier alpha value is -2.13. The van der Waals surface area contributed by atoms with Crippen LogP contribution in [0.4, 0.5) is 4.79 Å². The minimum absolute atomic E-state index is 0.124. The lowest BCUT2D eigenvalue weighted by atomic mass is 10.1. The Bertz CT molecular complexity index is 588. The standard InChI is InChI=1S/C12H17N3O5S/c13-21(19,20)7-6-14-12(18)15-10(11(16)17)8-9-4-2-1-3-5-9/h1-5,10H,6-8H2,(H,16,17)(H2,13,19,20)(H2,14,15,18)/t10-/m0/s1. The van der Waals surface area contributed by atoms with Crippen molar-refractivity contribution in [2.24, 2.45) is 5.14 Å². The molecule has 0 saturated carbocycles. The Morgan fingerprint density at radius 1 is 1.24 bits per heavy atom. The molecule has 5 N–H and O–H groups in total. The number of aliphatic carboxylic acids is 1. The number of carbonyl (C=O) groups is 2. The van der Waals surface area contributed by atoms with E-state index in [4.69, 9.17) is 10.2 Å². The summed E-state index contributed by atoms with van der Waals surface area (Å²) >= 11 is 0. The summed E-state index contributed by atoms with van der Waals surface area (Å²) in [5.74, 6) is -1.60. The minimum Gasteiger partial charge on any atom is -0.480 e. The van der Waals surface area contributed by atoms with Gasteiger partial charge < -0.3 is 15.7 Å². The van der Waals surface area contributed by atoms with Crippen molar-refractivity contribution in [2.75, 3.05) is 12.3 Å². The molecule has 0 spiro atoms. The molecule has 1 aromatic carbocycles. The van der Waals surface area contributed by atoms with Crippen molar-refractivity contribution in [2.45, 2.75) is 12.5 Å². The molecule has 0 aliphatic carbocycles. The second kappa shape index (κ2) is 7.60. The third-order valence-corrected chi connectivity index (χ3v) is 3.33. The summed E-state index contributed by atoms with van der Waals surface area (Å²) in [5, 5.41) is 18.4. The number of nitrogens with two attached hydrogens (primary N) is 1. The summed E-state index contributed by atoms with van der Waals surface area (Å²) in [4.78, 5) is 22.6. The number of primary sulfonamides is 1. The summed E-state index contributed by atoms with van der Waals surface area (Å²) in [6.45, 7) is -0.192. The van der Waals surface area contributed by atoms with Crippen LogP contribution >= 0.6 is 0 Å². The molecule has 0 unspecified atom stereocenters. The molecule has 0 fully saturated rings. The quantitative estimate of drug-likeness (QED) is 0.525. The van der Waals surface area contributed by atoms with Crippen LogP contribution in [0.1, 0.15) is 5.56 Å². The van der Waals surface area contributed by atoms with Crippen LogP contribution in [0, 0.1) is 0 Å².